The van der Waals surface area contributed by atoms with E-state index in [2.05, 4.69) is 48.4 Å². The molecule has 6 nitrogen and oxygen atoms in total. The number of alkyl carbamates (subject to hydrolysis) is 1. The van der Waals surface area contributed by atoms with Crippen LogP contribution in [0.25, 0.3) is 10.9 Å². The topological polar surface area (TPSA) is 74.4 Å². The van der Waals surface area contributed by atoms with Gasteiger partial charge in [0, 0.05) is 36.1 Å². The molecule has 2 aliphatic rings. The van der Waals surface area contributed by atoms with E-state index in [0.717, 1.165) is 32.2 Å². The third-order valence-corrected chi connectivity index (χ3v) is 6.58. The number of hydrogen-bond donors (Lipinski definition) is 2. The normalized spacial score (nSPS) is 18.8. The number of carbonyl (C=O) groups excluding carboxylic acids is 2. The molecule has 0 saturated heterocycles. The van der Waals surface area contributed by atoms with Crippen molar-refractivity contribution in [3.05, 3.63) is 35.5 Å². The van der Waals surface area contributed by atoms with Crippen molar-refractivity contribution in [1.82, 2.24) is 15.2 Å². The smallest absolute Gasteiger partial charge is 0.407 e. The highest BCUT2D eigenvalue weighted by Crippen LogP contribution is 2.37. The molecule has 1 atom stereocenters. The summed E-state index contributed by atoms with van der Waals surface area (Å²) in [4.78, 5) is 28.9. The maximum atomic E-state index is 11.9. The van der Waals surface area contributed by atoms with Crippen LogP contribution in [0.4, 0.5) is 4.79 Å². The minimum atomic E-state index is -0.390. The fraction of sp³-hybridized carbons (Fsp3) is 0.643. The Bertz CT molecular complexity index is 967. The molecule has 1 aromatic heterocycles. The standard InChI is InChI=1S/C17H22N2O.C11H21NO2/c1-11(2)10-16-17-14(8-9-19(16)12(3)20)13-6-4-5-7-15(13)18-17;1-11(2,3)14-10(13)12-9-7-5-4-6-8-9/h4-7,11,16,18H,8-10H2,1-3H3;9H,4-8H2,1-3H3,(H,12,13). The number of nitrogens with zero attached hydrogens (tertiary/aromatic N) is 1. The van der Waals surface area contributed by atoms with Gasteiger partial charge < -0.3 is 19.9 Å². The summed E-state index contributed by atoms with van der Waals surface area (Å²) in [6, 6.07) is 8.98. The van der Waals surface area contributed by atoms with E-state index in [-0.39, 0.29) is 18.0 Å². The minimum Gasteiger partial charge on any atom is -0.444 e. The Hall–Kier alpha value is -2.50. The van der Waals surface area contributed by atoms with Gasteiger partial charge in [-0.2, -0.15) is 0 Å². The van der Waals surface area contributed by atoms with Crippen LogP contribution in [0.5, 0.6) is 0 Å². The second-order valence-electron chi connectivity index (χ2n) is 11.2. The summed E-state index contributed by atoms with van der Waals surface area (Å²) in [5.41, 5.74) is 3.46. The minimum absolute atomic E-state index is 0.181. The molecule has 1 unspecified atom stereocenters. The molecule has 1 saturated carbocycles. The number of ether oxygens (including phenoxy) is 1. The molecule has 0 spiro atoms. The van der Waals surface area contributed by atoms with Gasteiger partial charge in [-0.1, -0.05) is 51.3 Å². The van der Waals surface area contributed by atoms with Crippen molar-refractivity contribution in [2.75, 3.05) is 6.54 Å². The van der Waals surface area contributed by atoms with Crippen molar-refractivity contribution >= 4 is 22.9 Å². The van der Waals surface area contributed by atoms with E-state index in [1.165, 1.54) is 41.4 Å². The lowest BCUT2D eigenvalue weighted by Crippen LogP contribution is -2.39. The van der Waals surface area contributed by atoms with Crippen LogP contribution in [-0.4, -0.2) is 40.1 Å². The first-order valence-electron chi connectivity index (χ1n) is 12.9. The lowest BCUT2D eigenvalue weighted by Gasteiger charge is -2.36. The molecule has 0 bridgehead atoms. The summed E-state index contributed by atoms with van der Waals surface area (Å²) < 4.78 is 5.19. The number of nitrogens with one attached hydrogen (secondary N) is 2. The number of aromatic amines is 1. The first-order chi connectivity index (χ1) is 16.0. The van der Waals surface area contributed by atoms with Crippen molar-refractivity contribution in [2.45, 2.75) is 104 Å². The first-order valence-corrected chi connectivity index (χ1v) is 12.9. The number of amides is 2. The molecular formula is C28H43N3O3. The zero-order valence-corrected chi connectivity index (χ0v) is 21.9. The second kappa shape index (κ2) is 11.3. The monoisotopic (exact) mass is 469 g/mol. The summed E-state index contributed by atoms with van der Waals surface area (Å²) in [5.74, 6) is 0.749. The van der Waals surface area contributed by atoms with Gasteiger partial charge in [-0.05, 0) is 64.0 Å². The molecule has 2 aromatic rings. The van der Waals surface area contributed by atoms with E-state index in [1.54, 1.807) is 6.92 Å². The van der Waals surface area contributed by atoms with Crippen molar-refractivity contribution in [1.29, 1.82) is 0 Å². The van der Waals surface area contributed by atoms with Crippen molar-refractivity contribution in [3.63, 3.8) is 0 Å². The highest BCUT2D eigenvalue weighted by Gasteiger charge is 2.32. The van der Waals surface area contributed by atoms with Crippen LogP contribution in [-0.2, 0) is 16.0 Å². The molecule has 2 N–H and O–H groups in total. The van der Waals surface area contributed by atoms with Gasteiger partial charge in [-0.15, -0.1) is 0 Å². The number of carbonyl (C=O) groups is 2. The van der Waals surface area contributed by atoms with Gasteiger partial charge >= 0.3 is 6.09 Å². The summed E-state index contributed by atoms with van der Waals surface area (Å²) in [6.07, 6.45) is 7.63. The second-order valence-corrected chi connectivity index (χ2v) is 11.2. The fourth-order valence-corrected chi connectivity index (χ4v) is 5.11. The SMILES string of the molecule is CC(=O)N1CCc2c([nH]c3ccccc23)C1CC(C)C.CC(C)(C)OC(=O)NC1CCCCC1. The number of rotatable bonds is 3. The van der Waals surface area contributed by atoms with Crippen molar-refractivity contribution in [3.8, 4) is 0 Å². The zero-order valence-electron chi connectivity index (χ0n) is 21.9. The van der Waals surface area contributed by atoms with E-state index in [4.69, 9.17) is 4.74 Å². The summed E-state index contributed by atoms with van der Waals surface area (Å²) >= 11 is 0. The van der Waals surface area contributed by atoms with E-state index >= 15 is 0 Å². The molecule has 2 heterocycles. The maximum Gasteiger partial charge on any atom is 0.407 e. The van der Waals surface area contributed by atoms with Crippen LogP contribution < -0.4 is 5.32 Å². The number of hydrogen-bond acceptors (Lipinski definition) is 3. The molecule has 0 radical (unpaired) electrons. The van der Waals surface area contributed by atoms with Gasteiger partial charge in [0.1, 0.15) is 5.60 Å². The van der Waals surface area contributed by atoms with Crippen molar-refractivity contribution in [2.24, 2.45) is 5.92 Å². The third kappa shape index (κ3) is 7.00. The van der Waals surface area contributed by atoms with E-state index in [1.807, 2.05) is 25.7 Å². The fourth-order valence-electron chi connectivity index (χ4n) is 5.11. The molecule has 2 amide bonds. The highest BCUT2D eigenvalue weighted by molar-refractivity contribution is 5.86. The molecule has 1 aliphatic heterocycles. The Morgan fingerprint density at radius 3 is 2.44 bits per heavy atom. The summed E-state index contributed by atoms with van der Waals surface area (Å²) in [7, 11) is 0. The van der Waals surface area contributed by atoms with Gasteiger partial charge in [0.05, 0.1) is 6.04 Å². The third-order valence-electron chi connectivity index (χ3n) is 6.58. The van der Waals surface area contributed by atoms with Gasteiger partial charge in [-0.3, -0.25) is 4.79 Å². The van der Waals surface area contributed by atoms with Crippen LogP contribution in [0.3, 0.4) is 0 Å². The lowest BCUT2D eigenvalue weighted by molar-refractivity contribution is -0.132. The molecule has 34 heavy (non-hydrogen) atoms. The van der Waals surface area contributed by atoms with E-state index in [9.17, 15) is 9.59 Å². The Balaban J connectivity index is 0.000000204. The average Bonchev–Trinajstić information content (AvgIpc) is 3.12. The molecular weight excluding hydrogens is 426 g/mol. The van der Waals surface area contributed by atoms with Crippen LogP contribution >= 0.6 is 0 Å². The molecule has 6 heteroatoms. The Morgan fingerprint density at radius 1 is 1.15 bits per heavy atom. The van der Waals surface area contributed by atoms with Crippen LogP contribution in [0.1, 0.15) is 97.4 Å². The average molecular weight is 470 g/mol. The number of aromatic nitrogens is 1. The quantitative estimate of drug-likeness (QED) is 0.538. The maximum absolute atomic E-state index is 11.9. The van der Waals surface area contributed by atoms with Crippen LogP contribution in [0, 0.1) is 5.92 Å². The van der Waals surface area contributed by atoms with Crippen molar-refractivity contribution < 1.29 is 14.3 Å². The van der Waals surface area contributed by atoms with Crippen LogP contribution in [0.15, 0.2) is 24.3 Å². The van der Waals surface area contributed by atoms with Crippen LogP contribution in [0.2, 0.25) is 0 Å². The number of H-pyrrole nitrogens is 1. The Morgan fingerprint density at radius 2 is 1.82 bits per heavy atom. The predicted molar refractivity (Wildman–Crippen MR) is 138 cm³/mol. The molecule has 1 aromatic carbocycles. The molecule has 1 fully saturated rings. The van der Waals surface area contributed by atoms with Gasteiger partial charge in [-0.25, -0.2) is 4.79 Å². The number of fused-ring (bicyclic) bond motifs is 3. The Labute approximate surface area is 204 Å². The number of benzene rings is 1. The van der Waals surface area contributed by atoms with Gasteiger partial charge in [0.15, 0.2) is 0 Å². The summed E-state index contributed by atoms with van der Waals surface area (Å²) in [6.45, 7) is 12.6. The Kier molecular flexibility index (Phi) is 8.67. The van der Waals surface area contributed by atoms with E-state index in [0.29, 0.717) is 12.0 Å². The zero-order chi connectivity index (χ0) is 24.9. The largest absolute Gasteiger partial charge is 0.444 e. The first kappa shape index (κ1) is 26.1. The highest BCUT2D eigenvalue weighted by atomic mass is 16.6. The number of para-hydroxylation sites is 1. The summed E-state index contributed by atoms with van der Waals surface area (Å²) in [5, 5.41) is 4.23. The predicted octanol–water partition coefficient (Wildman–Crippen LogP) is 6.50. The molecule has 4 rings (SSSR count). The van der Waals surface area contributed by atoms with E-state index < -0.39 is 5.60 Å². The molecule has 188 valence electrons. The lowest BCUT2D eigenvalue weighted by atomic mass is 9.91. The molecule has 1 aliphatic carbocycles. The van der Waals surface area contributed by atoms with Gasteiger partial charge in [0.2, 0.25) is 5.91 Å². The van der Waals surface area contributed by atoms with Gasteiger partial charge in [0.25, 0.3) is 0 Å².